The van der Waals surface area contributed by atoms with Crippen LogP contribution in [0.15, 0.2) is 42.5 Å². The number of methoxy groups -OCH3 is 2. The van der Waals surface area contributed by atoms with Crippen LogP contribution in [0.25, 0.3) is 0 Å². The second-order valence-corrected chi connectivity index (χ2v) is 7.75. The molecule has 0 radical (unpaired) electrons. The van der Waals surface area contributed by atoms with Gasteiger partial charge in [0.15, 0.2) is 17.6 Å². The molecule has 1 unspecified atom stereocenters. The second kappa shape index (κ2) is 10.9. The maximum Gasteiger partial charge on any atom is 0.263 e. The molecule has 172 valence electrons. The number of carbonyl (C=O) groups excluding carboxylic acids is 2. The first-order valence-electron chi connectivity index (χ1n) is 11.1. The van der Waals surface area contributed by atoms with Gasteiger partial charge in [0.2, 0.25) is 5.91 Å². The van der Waals surface area contributed by atoms with Crippen molar-refractivity contribution in [1.29, 1.82) is 0 Å². The van der Waals surface area contributed by atoms with Crippen LogP contribution in [-0.4, -0.2) is 44.7 Å². The van der Waals surface area contributed by atoms with Gasteiger partial charge in [-0.25, -0.2) is 0 Å². The van der Waals surface area contributed by atoms with Crippen LogP contribution in [0.1, 0.15) is 38.7 Å². The third-order valence-electron chi connectivity index (χ3n) is 5.79. The van der Waals surface area contributed by atoms with Gasteiger partial charge in [-0.15, -0.1) is 0 Å². The first kappa shape index (κ1) is 23.4. The van der Waals surface area contributed by atoms with Crippen molar-refractivity contribution in [3.63, 3.8) is 0 Å². The molecule has 7 heteroatoms. The first-order chi connectivity index (χ1) is 15.5. The highest BCUT2D eigenvalue weighted by molar-refractivity contribution is 5.97. The Kier molecular flexibility index (Phi) is 7.98. The van der Waals surface area contributed by atoms with Crippen molar-refractivity contribution in [3.8, 4) is 17.2 Å². The number of carbonyl (C=O) groups is 2. The Morgan fingerprint density at radius 2 is 1.84 bits per heavy atom. The molecule has 2 aromatic carbocycles. The van der Waals surface area contributed by atoms with E-state index in [-0.39, 0.29) is 30.8 Å². The monoisotopic (exact) mass is 440 g/mol. The largest absolute Gasteiger partial charge is 0.493 e. The molecule has 1 atom stereocenters. The summed E-state index contributed by atoms with van der Waals surface area (Å²) in [5.41, 5.74) is 1.58. The van der Waals surface area contributed by atoms with Crippen molar-refractivity contribution in [2.75, 3.05) is 25.7 Å². The molecule has 2 amide bonds. The Bertz CT molecular complexity index is 942. The highest BCUT2D eigenvalue weighted by Crippen LogP contribution is 2.35. The number of aryl methyl sites for hydroxylation is 1. The summed E-state index contributed by atoms with van der Waals surface area (Å²) in [5.74, 6) is 1.53. The molecule has 3 rings (SSSR count). The summed E-state index contributed by atoms with van der Waals surface area (Å²) >= 11 is 0. The van der Waals surface area contributed by atoms with Gasteiger partial charge in [-0.2, -0.15) is 0 Å². The minimum absolute atomic E-state index is 0.0778. The van der Waals surface area contributed by atoms with Gasteiger partial charge < -0.3 is 24.4 Å². The summed E-state index contributed by atoms with van der Waals surface area (Å²) in [4.78, 5) is 27.7. The number of rotatable bonds is 9. The molecule has 0 saturated heterocycles. The third-order valence-corrected chi connectivity index (χ3v) is 5.79. The zero-order valence-corrected chi connectivity index (χ0v) is 19.2. The standard InChI is InChI=1S/C25H32N2O5/c1-5-18(6-2)26-25(29)22-16-27(19-11-7-8-12-20(19)32-22)23(28)15-14-17-10-9-13-21(30-3)24(17)31-4/h7-13,18,22H,5-6,14-16H2,1-4H3,(H,26,29). The van der Waals surface area contributed by atoms with Crippen LogP contribution >= 0.6 is 0 Å². The Labute approximate surface area is 189 Å². The van der Waals surface area contributed by atoms with Crippen molar-refractivity contribution >= 4 is 17.5 Å². The molecule has 0 spiro atoms. The van der Waals surface area contributed by atoms with E-state index in [1.807, 2.05) is 50.2 Å². The van der Waals surface area contributed by atoms with E-state index in [1.165, 1.54) is 0 Å². The molecule has 0 aromatic heterocycles. The fourth-order valence-corrected chi connectivity index (χ4v) is 3.92. The van der Waals surface area contributed by atoms with Crippen molar-refractivity contribution in [3.05, 3.63) is 48.0 Å². The number of fused-ring (bicyclic) bond motifs is 1. The minimum Gasteiger partial charge on any atom is -0.493 e. The summed E-state index contributed by atoms with van der Waals surface area (Å²) in [5, 5.41) is 3.03. The van der Waals surface area contributed by atoms with Crippen LogP contribution in [0.2, 0.25) is 0 Å². The number of nitrogens with zero attached hydrogens (tertiary/aromatic N) is 1. The molecule has 0 saturated carbocycles. The number of hydrogen-bond acceptors (Lipinski definition) is 5. The zero-order chi connectivity index (χ0) is 23.1. The van der Waals surface area contributed by atoms with E-state index in [1.54, 1.807) is 25.2 Å². The first-order valence-corrected chi connectivity index (χ1v) is 11.1. The van der Waals surface area contributed by atoms with E-state index < -0.39 is 6.10 Å². The summed E-state index contributed by atoms with van der Waals surface area (Å²) in [6.07, 6.45) is 1.69. The molecule has 0 fully saturated rings. The number of anilines is 1. The fourth-order valence-electron chi connectivity index (χ4n) is 3.92. The van der Waals surface area contributed by atoms with Crippen LogP contribution in [0.3, 0.4) is 0 Å². The summed E-state index contributed by atoms with van der Waals surface area (Å²) in [6.45, 7) is 4.25. The molecular weight excluding hydrogens is 408 g/mol. The van der Waals surface area contributed by atoms with E-state index in [0.717, 1.165) is 18.4 Å². The number of amides is 2. The number of benzene rings is 2. The normalized spacial score (nSPS) is 15.0. The van der Waals surface area contributed by atoms with E-state index in [2.05, 4.69) is 5.32 Å². The van der Waals surface area contributed by atoms with E-state index in [4.69, 9.17) is 14.2 Å². The number of hydrogen-bond donors (Lipinski definition) is 1. The molecule has 1 aliphatic heterocycles. The fraction of sp³-hybridized carbons (Fsp3) is 0.440. The predicted molar refractivity (Wildman–Crippen MR) is 124 cm³/mol. The lowest BCUT2D eigenvalue weighted by Crippen LogP contribution is -2.52. The molecule has 0 bridgehead atoms. The van der Waals surface area contributed by atoms with Gasteiger partial charge in [0.25, 0.3) is 5.91 Å². The molecule has 1 heterocycles. The number of nitrogens with one attached hydrogen (secondary N) is 1. The van der Waals surface area contributed by atoms with E-state index >= 15 is 0 Å². The number of para-hydroxylation sites is 3. The summed E-state index contributed by atoms with van der Waals surface area (Å²) in [6, 6.07) is 13.0. The van der Waals surface area contributed by atoms with Crippen molar-refractivity contribution in [2.24, 2.45) is 0 Å². The molecular formula is C25H32N2O5. The smallest absolute Gasteiger partial charge is 0.263 e. The van der Waals surface area contributed by atoms with Crippen LogP contribution in [0, 0.1) is 0 Å². The Balaban J connectivity index is 1.77. The van der Waals surface area contributed by atoms with Gasteiger partial charge in [0, 0.05) is 12.5 Å². The van der Waals surface area contributed by atoms with Crippen molar-refractivity contribution in [1.82, 2.24) is 5.32 Å². The van der Waals surface area contributed by atoms with Gasteiger partial charge in [-0.05, 0) is 43.0 Å². The molecule has 32 heavy (non-hydrogen) atoms. The third kappa shape index (κ3) is 5.15. The Hall–Kier alpha value is -3.22. The maximum absolute atomic E-state index is 13.3. The van der Waals surface area contributed by atoms with Gasteiger partial charge in [-0.1, -0.05) is 38.1 Å². The lowest BCUT2D eigenvalue weighted by molar-refractivity contribution is -0.129. The Morgan fingerprint density at radius 3 is 2.53 bits per heavy atom. The van der Waals surface area contributed by atoms with Gasteiger partial charge in [0.05, 0.1) is 26.5 Å². The maximum atomic E-state index is 13.3. The second-order valence-electron chi connectivity index (χ2n) is 7.75. The predicted octanol–water partition coefficient (Wildman–Crippen LogP) is 3.74. The van der Waals surface area contributed by atoms with Crippen molar-refractivity contribution in [2.45, 2.75) is 51.7 Å². The van der Waals surface area contributed by atoms with E-state index in [0.29, 0.717) is 29.4 Å². The van der Waals surface area contributed by atoms with Crippen LogP contribution in [0.4, 0.5) is 5.69 Å². The van der Waals surface area contributed by atoms with Crippen LogP contribution in [-0.2, 0) is 16.0 Å². The lowest BCUT2D eigenvalue weighted by Gasteiger charge is -2.35. The number of ether oxygens (including phenoxy) is 3. The highest BCUT2D eigenvalue weighted by Gasteiger charge is 2.34. The van der Waals surface area contributed by atoms with Crippen molar-refractivity contribution < 1.29 is 23.8 Å². The SMILES string of the molecule is CCC(CC)NC(=O)C1CN(C(=O)CCc2cccc(OC)c2OC)c2ccccc2O1. The average molecular weight is 441 g/mol. The minimum atomic E-state index is -0.749. The van der Waals surface area contributed by atoms with Crippen LogP contribution in [0.5, 0.6) is 17.2 Å². The Morgan fingerprint density at radius 1 is 1.09 bits per heavy atom. The van der Waals surface area contributed by atoms with E-state index in [9.17, 15) is 9.59 Å². The quantitative estimate of drug-likeness (QED) is 0.643. The van der Waals surface area contributed by atoms with Gasteiger partial charge in [-0.3, -0.25) is 9.59 Å². The average Bonchev–Trinajstić information content (AvgIpc) is 2.84. The topological polar surface area (TPSA) is 77.1 Å². The lowest BCUT2D eigenvalue weighted by atomic mass is 10.1. The highest BCUT2D eigenvalue weighted by atomic mass is 16.5. The van der Waals surface area contributed by atoms with Crippen LogP contribution < -0.4 is 24.4 Å². The molecule has 1 aliphatic rings. The molecule has 7 nitrogen and oxygen atoms in total. The molecule has 1 N–H and O–H groups in total. The summed E-state index contributed by atoms with van der Waals surface area (Å²) < 4.78 is 16.8. The summed E-state index contributed by atoms with van der Waals surface area (Å²) in [7, 11) is 3.18. The zero-order valence-electron chi connectivity index (χ0n) is 19.2. The van der Waals surface area contributed by atoms with Gasteiger partial charge in [0.1, 0.15) is 5.75 Å². The van der Waals surface area contributed by atoms with Gasteiger partial charge >= 0.3 is 0 Å². The molecule has 0 aliphatic carbocycles. The molecule has 2 aromatic rings.